The van der Waals surface area contributed by atoms with Crippen molar-refractivity contribution in [1.29, 1.82) is 0 Å². The van der Waals surface area contributed by atoms with E-state index in [0.29, 0.717) is 5.41 Å². The van der Waals surface area contributed by atoms with E-state index < -0.39 is 0 Å². The van der Waals surface area contributed by atoms with E-state index in [1.54, 1.807) is 7.11 Å². The molecule has 0 amide bonds. The molecule has 0 atom stereocenters. The zero-order valence-electron chi connectivity index (χ0n) is 12.6. The zero-order chi connectivity index (χ0) is 13.7. The number of methoxy groups -OCH3 is 1. The molecule has 1 saturated carbocycles. The molecule has 1 N–H and O–H groups in total. The lowest BCUT2D eigenvalue weighted by Gasteiger charge is -2.42. The molecule has 106 valence electrons. The highest BCUT2D eigenvalue weighted by molar-refractivity contribution is 5.38. The average Bonchev–Trinajstić information content (AvgIpc) is 2.36. The van der Waals surface area contributed by atoms with Crippen LogP contribution < -0.4 is 10.1 Å². The van der Waals surface area contributed by atoms with E-state index in [1.165, 1.54) is 36.8 Å². The molecule has 1 fully saturated rings. The second-order valence-electron chi connectivity index (χ2n) is 6.02. The van der Waals surface area contributed by atoms with Crippen LogP contribution in [0.2, 0.25) is 0 Å². The van der Waals surface area contributed by atoms with Crippen LogP contribution in [0.5, 0.6) is 5.75 Å². The Kier molecular flexibility index (Phi) is 4.87. The maximum Gasteiger partial charge on any atom is 0.122 e. The lowest BCUT2D eigenvalue weighted by molar-refractivity contribution is 0.129. The van der Waals surface area contributed by atoms with Gasteiger partial charge in [-0.2, -0.15) is 0 Å². The van der Waals surface area contributed by atoms with E-state index in [0.717, 1.165) is 25.3 Å². The van der Waals surface area contributed by atoms with Crippen molar-refractivity contribution in [1.82, 2.24) is 5.32 Å². The van der Waals surface area contributed by atoms with E-state index in [9.17, 15) is 0 Å². The van der Waals surface area contributed by atoms with Gasteiger partial charge in [-0.05, 0) is 56.2 Å². The summed E-state index contributed by atoms with van der Waals surface area (Å²) in [7, 11) is 1.77. The number of hydrogen-bond donors (Lipinski definition) is 1. The molecule has 0 heterocycles. The number of aryl methyl sites for hydroxylation is 1. The Morgan fingerprint density at radius 3 is 2.68 bits per heavy atom. The predicted octanol–water partition coefficient (Wildman–Crippen LogP) is 3.72. The van der Waals surface area contributed by atoms with Crippen LogP contribution in [-0.4, -0.2) is 20.2 Å². The van der Waals surface area contributed by atoms with Crippen molar-refractivity contribution in [2.24, 2.45) is 5.41 Å². The first-order valence-electron chi connectivity index (χ1n) is 7.53. The van der Waals surface area contributed by atoms with Crippen LogP contribution in [0.4, 0.5) is 0 Å². The van der Waals surface area contributed by atoms with Gasteiger partial charge in [-0.25, -0.2) is 0 Å². The first kappa shape index (κ1) is 14.4. The van der Waals surface area contributed by atoms with Gasteiger partial charge in [0.25, 0.3) is 0 Å². The monoisotopic (exact) mass is 261 g/mol. The first-order valence-corrected chi connectivity index (χ1v) is 7.53. The van der Waals surface area contributed by atoms with Gasteiger partial charge < -0.3 is 10.1 Å². The summed E-state index contributed by atoms with van der Waals surface area (Å²) in [4.78, 5) is 0. The molecular formula is C17H27NO. The van der Waals surface area contributed by atoms with Crippen LogP contribution >= 0.6 is 0 Å². The summed E-state index contributed by atoms with van der Waals surface area (Å²) in [5.41, 5.74) is 3.17. The van der Waals surface area contributed by atoms with Crippen molar-refractivity contribution in [2.45, 2.75) is 46.0 Å². The fourth-order valence-electron chi connectivity index (χ4n) is 3.07. The van der Waals surface area contributed by atoms with Gasteiger partial charge in [-0.3, -0.25) is 0 Å². The normalized spacial score (nSPS) is 17.0. The summed E-state index contributed by atoms with van der Waals surface area (Å²) in [5.74, 6) is 1.05. The summed E-state index contributed by atoms with van der Waals surface area (Å²) in [5, 5.41) is 3.61. The standard InChI is InChI=1S/C17H27NO/c1-4-10-18-13-17(8-5-9-17)12-15-11-14(2)6-7-16(15)19-3/h6-7,11,18H,4-5,8-10,12-13H2,1-3H3. The van der Waals surface area contributed by atoms with E-state index in [4.69, 9.17) is 4.74 Å². The topological polar surface area (TPSA) is 21.3 Å². The minimum absolute atomic E-state index is 0.468. The minimum Gasteiger partial charge on any atom is -0.496 e. The number of hydrogen-bond acceptors (Lipinski definition) is 2. The van der Waals surface area contributed by atoms with Crippen molar-refractivity contribution in [3.8, 4) is 5.75 Å². The van der Waals surface area contributed by atoms with Crippen molar-refractivity contribution in [3.05, 3.63) is 29.3 Å². The molecular weight excluding hydrogens is 234 g/mol. The lowest BCUT2D eigenvalue weighted by Crippen LogP contribution is -2.42. The van der Waals surface area contributed by atoms with E-state index >= 15 is 0 Å². The summed E-state index contributed by atoms with van der Waals surface area (Å²) in [6.45, 7) is 6.67. The number of benzene rings is 1. The molecule has 0 spiro atoms. The minimum atomic E-state index is 0.468. The molecule has 0 radical (unpaired) electrons. The highest BCUT2D eigenvalue weighted by atomic mass is 16.5. The molecule has 1 aliphatic rings. The summed E-state index contributed by atoms with van der Waals surface area (Å²) < 4.78 is 5.52. The maximum absolute atomic E-state index is 5.52. The second kappa shape index (κ2) is 6.42. The molecule has 0 aromatic heterocycles. The van der Waals surface area contributed by atoms with Gasteiger partial charge in [-0.15, -0.1) is 0 Å². The van der Waals surface area contributed by atoms with Crippen LogP contribution in [0.25, 0.3) is 0 Å². The van der Waals surface area contributed by atoms with Gasteiger partial charge in [0.1, 0.15) is 5.75 Å². The Hall–Kier alpha value is -1.02. The summed E-state index contributed by atoms with van der Waals surface area (Å²) in [6, 6.07) is 6.53. The molecule has 0 aliphatic heterocycles. The lowest BCUT2D eigenvalue weighted by atomic mass is 9.65. The van der Waals surface area contributed by atoms with Gasteiger partial charge in [0.2, 0.25) is 0 Å². The second-order valence-corrected chi connectivity index (χ2v) is 6.02. The SMILES string of the molecule is CCCNCC1(Cc2cc(C)ccc2OC)CCC1. The molecule has 2 rings (SSSR count). The third-order valence-corrected chi connectivity index (χ3v) is 4.34. The molecule has 1 aliphatic carbocycles. The van der Waals surface area contributed by atoms with Crippen LogP contribution in [0.3, 0.4) is 0 Å². The van der Waals surface area contributed by atoms with Crippen molar-refractivity contribution in [2.75, 3.05) is 20.2 Å². The molecule has 0 saturated heterocycles. The zero-order valence-corrected chi connectivity index (χ0v) is 12.6. The largest absolute Gasteiger partial charge is 0.496 e. The van der Waals surface area contributed by atoms with Gasteiger partial charge >= 0.3 is 0 Å². The average molecular weight is 261 g/mol. The Bertz CT molecular complexity index is 410. The fourth-order valence-corrected chi connectivity index (χ4v) is 3.07. The van der Waals surface area contributed by atoms with Gasteiger partial charge in [0.05, 0.1) is 7.11 Å². The van der Waals surface area contributed by atoms with E-state index in [1.807, 2.05) is 0 Å². The highest BCUT2D eigenvalue weighted by Crippen LogP contribution is 2.44. The summed E-state index contributed by atoms with van der Waals surface area (Å²) in [6.07, 6.45) is 6.43. The number of nitrogens with one attached hydrogen (secondary N) is 1. The Morgan fingerprint density at radius 2 is 2.11 bits per heavy atom. The Labute approximate surface area is 117 Å². The van der Waals surface area contributed by atoms with Gasteiger partial charge in [0, 0.05) is 6.54 Å². The predicted molar refractivity (Wildman–Crippen MR) is 80.9 cm³/mol. The maximum atomic E-state index is 5.52. The molecule has 2 heteroatoms. The van der Waals surface area contributed by atoms with Crippen LogP contribution in [-0.2, 0) is 6.42 Å². The molecule has 0 unspecified atom stereocenters. The Morgan fingerprint density at radius 1 is 1.32 bits per heavy atom. The molecule has 19 heavy (non-hydrogen) atoms. The Balaban J connectivity index is 2.07. The number of rotatable bonds is 7. The smallest absolute Gasteiger partial charge is 0.122 e. The third-order valence-electron chi connectivity index (χ3n) is 4.34. The van der Waals surface area contributed by atoms with Gasteiger partial charge in [0.15, 0.2) is 0 Å². The van der Waals surface area contributed by atoms with Crippen molar-refractivity contribution < 1.29 is 4.74 Å². The molecule has 1 aromatic carbocycles. The fraction of sp³-hybridized carbons (Fsp3) is 0.647. The highest BCUT2D eigenvalue weighted by Gasteiger charge is 2.37. The molecule has 1 aromatic rings. The summed E-state index contributed by atoms with van der Waals surface area (Å²) >= 11 is 0. The van der Waals surface area contributed by atoms with Crippen molar-refractivity contribution in [3.63, 3.8) is 0 Å². The molecule has 2 nitrogen and oxygen atoms in total. The van der Waals surface area contributed by atoms with E-state index in [2.05, 4.69) is 37.4 Å². The van der Waals surface area contributed by atoms with Gasteiger partial charge in [-0.1, -0.05) is 31.0 Å². The van der Waals surface area contributed by atoms with E-state index in [-0.39, 0.29) is 0 Å². The third kappa shape index (κ3) is 3.50. The molecule has 0 bridgehead atoms. The first-order chi connectivity index (χ1) is 9.19. The van der Waals surface area contributed by atoms with Crippen LogP contribution in [0, 0.1) is 12.3 Å². The van der Waals surface area contributed by atoms with Crippen molar-refractivity contribution >= 4 is 0 Å². The quantitative estimate of drug-likeness (QED) is 0.755. The van der Waals surface area contributed by atoms with Crippen LogP contribution in [0.15, 0.2) is 18.2 Å². The van der Waals surface area contributed by atoms with Crippen LogP contribution in [0.1, 0.15) is 43.7 Å². The number of ether oxygens (including phenoxy) is 1.